The fraction of sp³-hybridized carbons (Fsp3) is 0.227. The maximum absolute atomic E-state index is 12.3. The molecule has 28 heavy (non-hydrogen) atoms. The van der Waals surface area contributed by atoms with E-state index in [2.05, 4.69) is 5.32 Å². The van der Waals surface area contributed by atoms with Gasteiger partial charge in [-0.05, 0) is 42.3 Å². The largest absolute Gasteiger partial charge is 0.497 e. The Morgan fingerprint density at radius 1 is 0.964 bits per heavy atom. The average molecular weight is 397 g/mol. The number of furan rings is 1. The molecule has 0 saturated heterocycles. The molecule has 3 aromatic rings. The molecule has 0 aliphatic heterocycles. The molecular formula is C22H23NO4S. The summed E-state index contributed by atoms with van der Waals surface area (Å²) in [5.74, 6) is 1.96. The van der Waals surface area contributed by atoms with Crippen molar-refractivity contribution >= 4 is 16.7 Å². The molecule has 0 aliphatic carbocycles. The number of carbonyl (C=O) groups excluding carboxylic acids is 1. The van der Waals surface area contributed by atoms with Crippen molar-refractivity contribution < 1.29 is 18.2 Å². The Bertz CT molecular complexity index is 945. The standard InChI is InChI=1S/C22H23NO4S/c1-16-3-5-18(6-4-16)14-28(25)15-20-11-12-21(27-20)22(24)23-13-17-7-9-19(26-2)10-8-17/h3-12H,13-15H2,1-2H3,(H,23,24)/t28-/m0/s1. The van der Waals surface area contributed by atoms with Crippen molar-refractivity contribution in [3.8, 4) is 5.75 Å². The van der Waals surface area contributed by atoms with Crippen LogP contribution in [0.2, 0.25) is 0 Å². The highest BCUT2D eigenvalue weighted by molar-refractivity contribution is 7.83. The quantitative estimate of drug-likeness (QED) is 0.624. The summed E-state index contributed by atoms with van der Waals surface area (Å²) in [5.41, 5.74) is 3.15. The van der Waals surface area contributed by atoms with Gasteiger partial charge in [0.05, 0.1) is 12.9 Å². The average Bonchev–Trinajstić information content (AvgIpc) is 3.16. The van der Waals surface area contributed by atoms with Crippen molar-refractivity contribution in [2.24, 2.45) is 0 Å². The molecule has 6 heteroatoms. The predicted octanol–water partition coefficient (Wildman–Crippen LogP) is 3.98. The molecule has 5 nitrogen and oxygen atoms in total. The molecule has 0 fully saturated rings. The summed E-state index contributed by atoms with van der Waals surface area (Å²) < 4.78 is 23.0. The van der Waals surface area contributed by atoms with Gasteiger partial charge in [-0.25, -0.2) is 0 Å². The number of hydrogen-bond donors (Lipinski definition) is 1. The van der Waals surface area contributed by atoms with Crippen LogP contribution in [-0.4, -0.2) is 17.2 Å². The van der Waals surface area contributed by atoms with E-state index in [1.807, 2.05) is 55.5 Å². The Morgan fingerprint density at radius 3 is 2.32 bits per heavy atom. The van der Waals surface area contributed by atoms with Gasteiger partial charge in [0, 0.05) is 23.1 Å². The molecule has 1 amide bonds. The Hall–Kier alpha value is -2.86. The van der Waals surface area contributed by atoms with E-state index in [4.69, 9.17) is 9.15 Å². The Labute approximate surface area is 167 Å². The van der Waals surface area contributed by atoms with E-state index < -0.39 is 10.8 Å². The van der Waals surface area contributed by atoms with E-state index in [0.717, 1.165) is 16.9 Å². The van der Waals surface area contributed by atoms with Gasteiger partial charge in [0.15, 0.2) is 5.76 Å². The van der Waals surface area contributed by atoms with Gasteiger partial charge < -0.3 is 14.5 Å². The molecule has 146 valence electrons. The molecule has 3 rings (SSSR count). The van der Waals surface area contributed by atoms with E-state index in [-0.39, 0.29) is 17.4 Å². The number of methoxy groups -OCH3 is 1. The monoisotopic (exact) mass is 397 g/mol. The van der Waals surface area contributed by atoms with Crippen molar-refractivity contribution in [1.82, 2.24) is 5.32 Å². The summed E-state index contributed by atoms with van der Waals surface area (Å²) in [6.45, 7) is 2.41. The first-order valence-electron chi connectivity index (χ1n) is 8.94. The molecule has 2 aromatic carbocycles. The Balaban J connectivity index is 1.51. The zero-order chi connectivity index (χ0) is 19.9. The molecule has 0 radical (unpaired) electrons. The van der Waals surface area contributed by atoms with Gasteiger partial charge in [-0.2, -0.15) is 0 Å². The highest BCUT2D eigenvalue weighted by atomic mass is 32.2. The van der Waals surface area contributed by atoms with Crippen molar-refractivity contribution in [2.45, 2.75) is 25.0 Å². The Morgan fingerprint density at radius 2 is 1.64 bits per heavy atom. The molecule has 0 spiro atoms. The smallest absolute Gasteiger partial charge is 0.287 e. The second-order valence-electron chi connectivity index (χ2n) is 6.51. The van der Waals surface area contributed by atoms with E-state index in [9.17, 15) is 9.00 Å². The van der Waals surface area contributed by atoms with Gasteiger partial charge in [-0.3, -0.25) is 9.00 Å². The zero-order valence-corrected chi connectivity index (χ0v) is 16.8. The van der Waals surface area contributed by atoms with Crippen LogP contribution in [0.25, 0.3) is 0 Å². The summed E-state index contributed by atoms with van der Waals surface area (Å²) in [7, 11) is 0.508. The highest BCUT2D eigenvalue weighted by Gasteiger charge is 2.13. The predicted molar refractivity (Wildman–Crippen MR) is 110 cm³/mol. The molecule has 0 bridgehead atoms. The molecular weight excluding hydrogens is 374 g/mol. The summed E-state index contributed by atoms with van der Waals surface area (Å²) in [6.07, 6.45) is 0. The molecule has 1 atom stereocenters. The Kier molecular flexibility index (Phi) is 6.66. The molecule has 0 aliphatic rings. The molecule has 1 heterocycles. The maximum Gasteiger partial charge on any atom is 0.287 e. The third-order valence-corrected chi connectivity index (χ3v) is 5.51. The summed E-state index contributed by atoms with van der Waals surface area (Å²) in [4.78, 5) is 12.3. The first-order valence-corrected chi connectivity index (χ1v) is 10.4. The molecule has 1 aromatic heterocycles. The van der Waals surface area contributed by atoms with Crippen LogP contribution in [0.3, 0.4) is 0 Å². The zero-order valence-electron chi connectivity index (χ0n) is 15.9. The normalized spacial score (nSPS) is 11.8. The van der Waals surface area contributed by atoms with E-state index in [1.165, 1.54) is 5.56 Å². The lowest BCUT2D eigenvalue weighted by Gasteiger charge is -2.05. The highest BCUT2D eigenvalue weighted by Crippen LogP contribution is 2.14. The van der Waals surface area contributed by atoms with Crippen LogP contribution in [0, 0.1) is 6.92 Å². The number of amides is 1. The van der Waals surface area contributed by atoms with E-state index >= 15 is 0 Å². The van der Waals surface area contributed by atoms with Crippen molar-refractivity contribution in [2.75, 3.05) is 7.11 Å². The molecule has 0 unspecified atom stereocenters. The third-order valence-electron chi connectivity index (χ3n) is 4.25. The summed E-state index contributed by atoms with van der Waals surface area (Å²) >= 11 is 0. The van der Waals surface area contributed by atoms with Crippen LogP contribution in [-0.2, 0) is 28.9 Å². The SMILES string of the molecule is COc1ccc(CNC(=O)c2ccc(C[S@@](=O)Cc3ccc(C)cc3)o2)cc1. The minimum absolute atomic E-state index is 0.218. The van der Waals surface area contributed by atoms with Gasteiger partial charge in [0.25, 0.3) is 5.91 Å². The molecule has 0 saturated carbocycles. The summed E-state index contributed by atoms with van der Waals surface area (Å²) in [6, 6.07) is 18.8. The second-order valence-corrected chi connectivity index (χ2v) is 7.97. The van der Waals surface area contributed by atoms with Crippen LogP contribution >= 0.6 is 0 Å². The van der Waals surface area contributed by atoms with Crippen molar-refractivity contribution in [3.05, 3.63) is 88.9 Å². The number of hydrogen-bond acceptors (Lipinski definition) is 4. The fourth-order valence-corrected chi connectivity index (χ4v) is 3.81. The number of ether oxygens (including phenoxy) is 1. The minimum Gasteiger partial charge on any atom is -0.497 e. The van der Waals surface area contributed by atoms with Crippen LogP contribution in [0.5, 0.6) is 5.75 Å². The lowest BCUT2D eigenvalue weighted by Crippen LogP contribution is -2.22. The first kappa shape index (κ1) is 19.9. The lowest BCUT2D eigenvalue weighted by molar-refractivity contribution is 0.0921. The minimum atomic E-state index is -1.10. The number of carbonyl (C=O) groups is 1. The van der Waals surface area contributed by atoms with Gasteiger partial charge in [0.1, 0.15) is 11.5 Å². The van der Waals surface area contributed by atoms with Gasteiger partial charge in [-0.15, -0.1) is 0 Å². The van der Waals surface area contributed by atoms with Crippen LogP contribution in [0.15, 0.2) is 65.1 Å². The number of rotatable bonds is 8. The van der Waals surface area contributed by atoms with Crippen LogP contribution in [0.1, 0.15) is 33.0 Å². The fourth-order valence-electron chi connectivity index (χ4n) is 2.67. The van der Waals surface area contributed by atoms with Crippen molar-refractivity contribution in [3.63, 3.8) is 0 Å². The van der Waals surface area contributed by atoms with E-state index in [1.54, 1.807) is 19.2 Å². The van der Waals surface area contributed by atoms with Crippen molar-refractivity contribution in [1.29, 1.82) is 0 Å². The van der Waals surface area contributed by atoms with E-state index in [0.29, 0.717) is 18.1 Å². The molecule has 1 N–H and O–H groups in total. The van der Waals surface area contributed by atoms with Gasteiger partial charge in [0.2, 0.25) is 0 Å². The van der Waals surface area contributed by atoms with Crippen LogP contribution < -0.4 is 10.1 Å². The third kappa shape index (κ3) is 5.57. The summed E-state index contributed by atoms with van der Waals surface area (Å²) in [5, 5.41) is 2.82. The topological polar surface area (TPSA) is 68.5 Å². The van der Waals surface area contributed by atoms with Gasteiger partial charge in [-0.1, -0.05) is 42.0 Å². The maximum atomic E-state index is 12.3. The number of nitrogens with one attached hydrogen (secondary N) is 1. The first-order chi connectivity index (χ1) is 13.5. The number of benzene rings is 2. The van der Waals surface area contributed by atoms with Gasteiger partial charge >= 0.3 is 0 Å². The second kappa shape index (κ2) is 9.37. The lowest BCUT2D eigenvalue weighted by atomic mass is 10.2. The van der Waals surface area contributed by atoms with Crippen LogP contribution in [0.4, 0.5) is 0 Å². The number of aryl methyl sites for hydroxylation is 1.